The van der Waals surface area contributed by atoms with Crippen LogP contribution in [0.5, 0.6) is 5.75 Å². The van der Waals surface area contributed by atoms with Crippen LogP contribution in [0.25, 0.3) is 10.9 Å². The van der Waals surface area contributed by atoms with E-state index in [1.54, 1.807) is 19.2 Å². The number of anilines is 1. The molecule has 4 heteroatoms. The second-order valence-electron chi connectivity index (χ2n) is 6.56. The number of ketones is 1. The monoisotopic (exact) mass is 342 g/mol. The van der Waals surface area contributed by atoms with Crippen molar-refractivity contribution in [2.24, 2.45) is 0 Å². The van der Waals surface area contributed by atoms with Crippen LogP contribution in [0.2, 0.25) is 0 Å². The van der Waals surface area contributed by atoms with Gasteiger partial charge in [-0.15, -0.1) is 0 Å². The summed E-state index contributed by atoms with van der Waals surface area (Å²) in [7, 11) is 0. The summed E-state index contributed by atoms with van der Waals surface area (Å²) >= 11 is 0. The van der Waals surface area contributed by atoms with E-state index in [0.29, 0.717) is 23.6 Å². The van der Waals surface area contributed by atoms with Crippen LogP contribution in [0.3, 0.4) is 0 Å². The Morgan fingerprint density at radius 1 is 1.16 bits per heavy atom. The molecule has 4 nitrogen and oxygen atoms in total. The highest BCUT2D eigenvalue weighted by molar-refractivity contribution is 6.07. The number of pyridine rings is 1. The molecule has 0 aliphatic heterocycles. The first kappa shape index (κ1) is 19.2. The fraction of sp³-hybridized carbons (Fsp3) is 0.524. The molecule has 0 saturated heterocycles. The minimum atomic E-state index is -0.0301. The zero-order valence-electron chi connectivity index (χ0n) is 15.7. The van der Waals surface area contributed by atoms with Crippen LogP contribution in [0, 0.1) is 0 Å². The summed E-state index contributed by atoms with van der Waals surface area (Å²) in [5, 5.41) is 0.890. The molecule has 0 spiro atoms. The van der Waals surface area contributed by atoms with E-state index in [2.05, 4.69) is 18.8 Å². The van der Waals surface area contributed by atoms with E-state index in [1.807, 2.05) is 6.07 Å². The number of aromatic nitrogens is 1. The van der Waals surface area contributed by atoms with Crippen molar-refractivity contribution in [3.05, 3.63) is 29.5 Å². The number of hydrogen-bond donors (Lipinski definition) is 1. The van der Waals surface area contributed by atoms with Gasteiger partial charge in [-0.3, -0.25) is 9.78 Å². The molecule has 0 bridgehead atoms. The summed E-state index contributed by atoms with van der Waals surface area (Å²) in [5.41, 5.74) is 9.06. The van der Waals surface area contributed by atoms with Gasteiger partial charge in [0.2, 0.25) is 0 Å². The zero-order chi connectivity index (χ0) is 18.2. The van der Waals surface area contributed by atoms with Gasteiger partial charge in [0.1, 0.15) is 5.75 Å². The summed E-state index contributed by atoms with van der Waals surface area (Å²) < 4.78 is 6.10. The van der Waals surface area contributed by atoms with Gasteiger partial charge in [0, 0.05) is 11.6 Å². The average molecular weight is 342 g/mol. The van der Waals surface area contributed by atoms with Crippen LogP contribution in [0.1, 0.15) is 75.2 Å². The third kappa shape index (κ3) is 4.71. The average Bonchev–Trinajstić information content (AvgIpc) is 2.61. The van der Waals surface area contributed by atoms with Crippen molar-refractivity contribution < 1.29 is 9.53 Å². The lowest BCUT2D eigenvalue weighted by Crippen LogP contribution is -2.07. The third-order valence-corrected chi connectivity index (χ3v) is 4.59. The molecular formula is C21H30N2O2. The molecule has 1 heterocycles. The van der Waals surface area contributed by atoms with E-state index >= 15 is 0 Å². The maximum absolute atomic E-state index is 12.1. The highest BCUT2D eigenvalue weighted by atomic mass is 16.5. The Balaban J connectivity index is 2.25. The van der Waals surface area contributed by atoms with Crippen LogP contribution < -0.4 is 10.5 Å². The Morgan fingerprint density at radius 2 is 1.88 bits per heavy atom. The molecule has 2 aromatic rings. The van der Waals surface area contributed by atoms with E-state index in [0.717, 1.165) is 35.7 Å². The highest BCUT2D eigenvalue weighted by Crippen LogP contribution is 2.36. The van der Waals surface area contributed by atoms with Crippen molar-refractivity contribution in [3.63, 3.8) is 0 Å². The molecule has 0 atom stereocenters. The molecule has 0 unspecified atom stereocenters. The number of benzene rings is 1. The maximum Gasteiger partial charge on any atom is 0.163 e. The predicted molar refractivity (Wildman–Crippen MR) is 104 cm³/mol. The van der Waals surface area contributed by atoms with Crippen molar-refractivity contribution in [2.45, 2.75) is 65.7 Å². The molecule has 1 aromatic carbocycles. The van der Waals surface area contributed by atoms with Crippen molar-refractivity contribution in [1.82, 2.24) is 4.98 Å². The van der Waals surface area contributed by atoms with Gasteiger partial charge in [-0.2, -0.15) is 0 Å². The lowest BCUT2D eigenvalue weighted by molar-refractivity contribution is 0.101. The van der Waals surface area contributed by atoms with E-state index in [9.17, 15) is 4.79 Å². The zero-order valence-corrected chi connectivity index (χ0v) is 15.7. The molecular weight excluding hydrogens is 312 g/mol. The molecule has 0 aliphatic rings. The Bertz CT molecular complexity index is 725. The number of fused-ring (bicyclic) bond motifs is 1. The van der Waals surface area contributed by atoms with E-state index in [-0.39, 0.29) is 5.78 Å². The standard InChI is InChI=1S/C21H30N2O2/c1-4-6-7-8-9-10-13-25-21-17(15(3)24)14-18(22)20-19(21)16(5-2)11-12-23-20/h11-12,14H,4-10,13,22H2,1-3H3. The summed E-state index contributed by atoms with van der Waals surface area (Å²) in [4.78, 5) is 16.5. The number of aryl methyl sites for hydroxylation is 1. The number of nitrogens with two attached hydrogens (primary N) is 1. The number of nitrogens with zero attached hydrogens (tertiary/aromatic N) is 1. The first-order valence-corrected chi connectivity index (χ1v) is 9.43. The van der Waals surface area contributed by atoms with E-state index < -0.39 is 0 Å². The van der Waals surface area contributed by atoms with Crippen molar-refractivity contribution in [3.8, 4) is 5.75 Å². The smallest absolute Gasteiger partial charge is 0.163 e. The van der Waals surface area contributed by atoms with Crippen molar-refractivity contribution in [2.75, 3.05) is 12.3 Å². The van der Waals surface area contributed by atoms with Crippen LogP contribution in [-0.2, 0) is 6.42 Å². The number of unbranched alkanes of at least 4 members (excludes halogenated alkanes) is 5. The van der Waals surface area contributed by atoms with Gasteiger partial charge in [0.25, 0.3) is 0 Å². The summed E-state index contributed by atoms with van der Waals surface area (Å²) in [6, 6.07) is 3.68. The van der Waals surface area contributed by atoms with E-state index in [1.165, 1.54) is 25.7 Å². The fourth-order valence-electron chi connectivity index (χ4n) is 3.16. The first-order chi connectivity index (χ1) is 12.1. The van der Waals surface area contributed by atoms with Gasteiger partial charge in [-0.05, 0) is 37.5 Å². The Kier molecular flexibility index (Phi) is 7.23. The van der Waals surface area contributed by atoms with Gasteiger partial charge in [-0.25, -0.2) is 0 Å². The normalized spacial score (nSPS) is 11.0. The molecule has 0 aliphatic carbocycles. The lowest BCUT2D eigenvalue weighted by Gasteiger charge is -2.16. The number of hydrogen-bond acceptors (Lipinski definition) is 4. The molecule has 136 valence electrons. The number of carbonyl (C=O) groups excluding carboxylic acids is 1. The highest BCUT2D eigenvalue weighted by Gasteiger charge is 2.18. The lowest BCUT2D eigenvalue weighted by atomic mass is 9.99. The second kappa shape index (κ2) is 9.40. The summed E-state index contributed by atoms with van der Waals surface area (Å²) in [6.07, 6.45) is 9.82. The Labute approximate surface area is 150 Å². The van der Waals surface area contributed by atoms with Crippen LogP contribution >= 0.6 is 0 Å². The van der Waals surface area contributed by atoms with Crippen LogP contribution in [-0.4, -0.2) is 17.4 Å². The number of nitrogen functional groups attached to an aromatic ring is 1. The third-order valence-electron chi connectivity index (χ3n) is 4.59. The molecule has 2 rings (SSSR count). The molecule has 0 amide bonds. The van der Waals surface area contributed by atoms with Gasteiger partial charge < -0.3 is 10.5 Å². The molecule has 0 fully saturated rings. The van der Waals surface area contributed by atoms with Gasteiger partial charge in [-0.1, -0.05) is 46.0 Å². The van der Waals surface area contributed by atoms with Gasteiger partial charge in [0.05, 0.1) is 23.4 Å². The number of ether oxygens (including phenoxy) is 1. The van der Waals surface area contributed by atoms with Crippen LogP contribution in [0.15, 0.2) is 18.3 Å². The maximum atomic E-state index is 12.1. The molecule has 0 saturated carbocycles. The van der Waals surface area contributed by atoms with Crippen molar-refractivity contribution >= 4 is 22.4 Å². The minimum absolute atomic E-state index is 0.0301. The molecule has 0 radical (unpaired) electrons. The number of carbonyl (C=O) groups is 1. The van der Waals surface area contributed by atoms with Crippen LogP contribution in [0.4, 0.5) is 5.69 Å². The fourth-order valence-corrected chi connectivity index (χ4v) is 3.16. The van der Waals surface area contributed by atoms with Gasteiger partial charge in [0.15, 0.2) is 5.78 Å². The SMILES string of the molecule is CCCCCCCCOc1c(C(C)=O)cc(N)c2nccc(CC)c12. The largest absolute Gasteiger partial charge is 0.492 e. The number of Topliss-reactive ketones (excluding diaryl/α,β-unsaturated/α-hetero) is 1. The molecule has 1 aromatic heterocycles. The molecule has 2 N–H and O–H groups in total. The topological polar surface area (TPSA) is 65.2 Å². The minimum Gasteiger partial charge on any atom is -0.492 e. The predicted octanol–water partition coefficient (Wildman–Crippen LogP) is 5.32. The molecule has 25 heavy (non-hydrogen) atoms. The Morgan fingerprint density at radius 3 is 2.56 bits per heavy atom. The second-order valence-corrected chi connectivity index (χ2v) is 6.56. The van der Waals surface area contributed by atoms with Gasteiger partial charge >= 0.3 is 0 Å². The quantitative estimate of drug-likeness (QED) is 0.360. The Hall–Kier alpha value is -2.10. The number of rotatable bonds is 10. The first-order valence-electron chi connectivity index (χ1n) is 9.43. The summed E-state index contributed by atoms with van der Waals surface area (Å²) in [5.74, 6) is 0.618. The summed E-state index contributed by atoms with van der Waals surface area (Å²) in [6.45, 7) is 6.48. The van der Waals surface area contributed by atoms with E-state index in [4.69, 9.17) is 10.5 Å². The van der Waals surface area contributed by atoms with Crippen molar-refractivity contribution in [1.29, 1.82) is 0 Å².